The Kier molecular flexibility index (Phi) is 4.25. The molecule has 96 valence electrons. The summed E-state index contributed by atoms with van der Waals surface area (Å²) in [6.45, 7) is 4.19. The molecular formula is C16H21NO. The molecule has 2 rings (SSSR count). The molecule has 2 atom stereocenters. The quantitative estimate of drug-likeness (QED) is 0.731. The third kappa shape index (κ3) is 3.04. The Balaban J connectivity index is 2.10. The Morgan fingerprint density at radius 1 is 1.11 bits per heavy atom. The lowest BCUT2D eigenvalue weighted by atomic mass is 9.99. The van der Waals surface area contributed by atoms with Crippen LogP contribution in [0.3, 0.4) is 0 Å². The smallest absolute Gasteiger partial charge is 0.120 e. The second-order valence-electron chi connectivity index (χ2n) is 5.28. The van der Waals surface area contributed by atoms with Crippen LogP contribution in [-0.4, -0.2) is 6.10 Å². The van der Waals surface area contributed by atoms with Crippen LogP contribution >= 0.6 is 0 Å². The molecule has 18 heavy (non-hydrogen) atoms. The van der Waals surface area contributed by atoms with Crippen molar-refractivity contribution < 1.29 is 4.74 Å². The van der Waals surface area contributed by atoms with Crippen LogP contribution in [0.1, 0.15) is 43.2 Å². The van der Waals surface area contributed by atoms with Gasteiger partial charge in [0.15, 0.2) is 0 Å². The molecule has 0 heterocycles. The highest BCUT2D eigenvalue weighted by molar-refractivity contribution is 5.34. The van der Waals surface area contributed by atoms with Gasteiger partial charge in [0.25, 0.3) is 0 Å². The lowest BCUT2D eigenvalue weighted by Crippen LogP contribution is -2.24. The van der Waals surface area contributed by atoms with Crippen LogP contribution in [0.15, 0.2) is 18.2 Å². The molecule has 2 unspecified atom stereocenters. The summed E-state index contributed by atoms with van der Waals surface area (Å²) in [6.07, 6.45) is 5.61. The molecule has 0 amide bonds. The summed E-state index contributed by atoms with van der Waals surface area (Å²) in [4.78, 5) is 0. The van der Waals surface area contributed by atoms with Crippen molar-refractivity contribution in [3.8, 4) is 11.8 Å². The zero-order valence-corrected chi connectivity index (χ0v) is 11.3. The molecule has 2 heteroatoms. The molecule has 0 radical (unpaired) electrons. The number of nitrogens with zero attached hydrogens (tertiary/aromatic N) is 1. The number of hydrogen-bond acceptors (Lipinski definition) is 2. The van der Waals surface area contributed by atoms with Gasteiger partial charge < -0.3 is 4.74 Å². The number of aryl methyl sites for hydroxylation is 2. The van der Waals surface area contributed by atoms with Gasteiger partial charge in [0.2, 0.25) is 0 Å². The fourth-order valence-electron chi connectivity index (χ4n) is 2.52. The summed E-state index contributed by atoms with van der Waals surface area (Å²) in [6, 6.07) is 8.59. The molecule has 0 spiro atoms. The average molecular weight is 243 g/mol. The number of benzene rings is 1. The highest BCUT2D eigenvalue weighted by Gasteiger charge is 2.25. The van der Waals surface area contributed by atoms with Crippen molar-refractivity contribution in [1.82, 2.24) is 0 Å². The van der Waals surface area contributed by atoms with Gasteiger partial charge in [0.1, 0.15) is 11.9 Å². The first kappa shape index (κ1) is 13.0. The van der Waals surface area contributed by atoms with Crippen LogP contribution in [0.4, 0.5) is 0 Å². The van der Waals surface area contributed by atoms with E-state index < -0.39 is 0 Å². The van der Waals surface area contributed by atoms with Gasteiger partial charge in [0, 0.05) is 0 Å². The lowest BCUT2D eigenvalue weighted by molar-refractivity contribution is 0.152. The summed E-state index contributed by atoms with van der Waals surface area (Å²) >= 11 is 0. The third-order valence-corrected chi connectivity index (χ3v) is 3.88. The number of rotatable bonds is 2. The van der Waals surface area contributed by atoms with Crippen LogP contribution in [0, 0.1) is 31.1 Å². The summed E-state index contributed by atoms with van der Waals surface area (Å²) in [5.74, 6) is 0.958. The second kappa shape index (κ2) is 5.91. The minimum atomic E-state index is 0.0501. The lowest BCUT2D eigenvalue weighted by Gasteiger charge is -2.21. The van der Waals surface area contributed by atoms with E-state index in [9.17, 15) is 5.26 Å². The van der Waals surface area contributed by atoms with Crippen molar-refractivity contribution in [3.63, 3.8) is 0 Å². The highest BCUT2D eigenvalue weighted by atomic mass is 16.5. The molecule has 1 saturated carbocycles. The molecule has 0 aliphatic heterocycles. The van der Waals surface area contributed by atoms with Crippen LogP contribution in [0.25, 0.3) is 0 Å². The standard InChI is InChI=1S/C16H21NO/c1-12-8-9-15(10-13(12)2)18-16-7-5-3-4-6-14(16)11-17/h8-10,14,16H,3-7H2,1-2H3. The maximum atomic E-state index is 9.23. The largest absolute Gasteiger partial charge is 0.489 e. The molecule has 0 aromatic heterocycles. The van der Waals surface area contributed by atoms with Gasteiger partial charge in [-0.25, -0.2) is 0 Å². The van der Waals surface area contributed by atoms with Crippen LogP contribution in [0.2, 0.25) is 0 Å². The molecule has 1 aliphatic carbocycles. The van der Waals surface area contributed by atoms with E-state index in [-0.39, 0.29) is 12.0 Å². The first-order valence-electron chi connectivity index (χ1n) is 6.84. The monoisotopic (exact) mass is 243 g/mol. The second-order valence-corrected chi connectivity index (χ2v) is 5.28. The predicted molar refractivity (Wildman–Crippen MR) is 72.5 cm³/mol. The number of hydrogen-bond donors (Lipinski definition) is 0. The predicted octanol–water partition coefficient (Wildman–Crippen LogP) is 4.15. The summed E-state index contributed by atoms with van der Waals surface area (Å²) in [7, 11) is 0. The molecular weight excluding hydrogens is 222 g/mol. The molecule has 2 nitrogen and oxygen atoms in total. The maximum Gasteiger partial charge on any atom is 0.120 e. The van der Waals surface area contributed by atoms with E-state index in [0.29, 0.717) is 0 Å². The first-order chi connectivity index (χ1) is 8.70. The van der Waals surface area contributed by atoms with E-state index >= 15 is 0 Å². The van der Waals surface area contributed by atoms with E-state index in [1.165, 1.54) is 24.0 Å². The van der Waals surface area contributed by atoms with Crippen molar-refractivity contribution >= 4 is 0 Å². The first-order valence-corrected chi connectivity index (χ1v) is 6.84. The minimum absolute atomic E-state index is 0.0501. The van der Waals surface area contributed by atoms with Gasteiger partial charge >= 0.3 is 0 Å². The van der Waals surface area contributed by atoms with Crippen LogP contribution in [0.5, 0.6) is 5.75 Å². The molecule has 1 aliphatic rings. The average Bonchev–Trinajstić information content (AvgIpc) is 2.59. The van der Waals surface area contributed by atoms with Gasteiger partial charge in [-0.15, -0.1) is 0 Å². The molecule has 1 aromatic carbocycles. The van der Waals surface area contributed by atoms with E-state index in [2.05, 4.69) is 32.0 Å². The topological polar surface area (TPSA) is 33.0 Å². The van der Waals surface area contributed by atoms with E-state index in [1.807, 2.05) is 6.07 Å². The van der Waals surface area contributed by atoms with Crippen molar-refractivity contribution in [2.75, 3.05) is 0 Å². The summed E-state index contributed by atoms with van der Waals surface area (Å²) in [5.41, 5.74) is 2.52. The fraction of sp³-hybridized carbons (Fsp3) is 0.562. The van der Waals surface area contributed by atoms with Crippen LogP contribution in [-0.2, 0) is 0 Å². The van der Waals surface area contributed by atoms with Crippen molar-refractivity contribution in [2.24, 2.45) is 5.92 Å². The van der Waals surface area contributed by atoms with Crippen molar-refractivity contribution in [1.29, 1.82) is 5.26 Å². The van der Waals surface area contributed by atoms with E-state index in [1.54, 1.807) is 0 Å². The zero-order valence-electron chi connectivity index (χ0n) is 11.3. The Labute approximate surface area is 110 Å². The zero-order chi connectivity index (χ0) is 13.0. The summed E-state index contributed by atoms with van der Waals surface area (Å²) in [5, 5.41) is 9.23. The Bertz CT molecular complexity index is 447. The van der Waals surface area contributed by atoms with Crippen LogP contribution < -0.4 is 4.74 Å². The molecule has 1 fully saturated rings. The Morgan fingerprint density at radius 2 is 1.89 bits per heavy atom. The molecule has 0 bridgehead atoms. The van der Waals surface area contributed by atoms with Crippen molar-refractivity contribution in [3.05, 3.63) is 29.3 Å². The Hall–Kier alpha value is -1.49. The van der Waals surface area contributed by atoms with Gasteiger partial charge in [0.05, 0.1) is 12.0 Å². The fourth-order valence-corrected chi connectivity index (χ4v) is 2.52. The number of ether oxygens (including phenoxy) is 1. The summed E-state index contributed by atoms with van der Waals surface area (Å²) < 4.78 is 6.05. The molecule has 1 aromatic rings. The van der Waals surface area contributed by atoms with Crippen molar-refractivity contribution in [2.45, 2.75) is 52.1 Å². The van der Waals surface area contributed by atoms with E-state index in [4.69, 9.17) is 4.74 Å². The van der Waals surface area contributed by atoms with Gasteiger partial charge in [-0.2, -0.15) is 5.26 Å². The van der Waals surface area contributed by atoms with Gasteiger partial charge in [-0.1, -0.05) is 18.9 Å². The maximum absolute atomic E-state index is 9.23. The normalized spacial score (nSPS) is 24.1. The third-order valence-electron chi connectivity index (χ3n) is 3.88. The SMILES string of the molecule is Cc1ccc(OC2CCCCCC2C#N)cc1C. The van der Waals surface area contributed by atoms with Gasteiger partial charge in [-0.3, -0.25) is 0 Å². The number of nitriles is 1. The molecule has 0 saturated heterocycles. The molecule has 0 N–H and O–H groups in total. The van der Waals surface area contributed by atoms with Gasteiger partial charge in [-0.05, 0) is 56.4 Å². The Morgan fingerprint density at radius 3 is 2.61 bits per heavy atom. The highest BCUT2D eigenvalue weighted by Crippen LogP contribution is 2.28. The van der Waals surface area contributed by atoms with E-state index in [0.717, 1.165) is 25.0 Å². The minimum Gasteiger partial charge on any atom is -0.489 e.